The summed E-state index contributed by atoms with van der Waals surface area (Å²) in [6.07, 6.45) is 1.02. The highest BCUT2D eigenvalue weighted by Gasteiger charge is 2.09. The van der Waals surface area contributed by atoms with Gasteiger partial charge in [0, 0.05) is 6.42 Å². The highest BCUT2D eigenvalue weighted by atomic mass is 16.4. The minimum atomic E-state index is -0.711. The zero-order valence-electron chi connectivity index (χ0n) is 12.7. The Morgan fingerprint density at radius 3 is 2.13 bits per heavy atom. The molecule has 0 atom stereocenters. The predicted octanol–water partition coefficient (Wildman–Crippen LogP) is 2.75. The Bertz CT molecular complexity index is 862. The van der Waals surface area contributed by atoms with Gasteiger partial charge >= 0.3 is 5.97 Å². The number of fused-ring (bicyclic) bond motifs is 2. The molecular weight excluding hydrogens is 294 g/mol. The van der Waals surface area contributed by atoms with Gasteiger partial charge < -0.3 is 10.8 Å². The minimum Gasteiger partial charge on any atom is -0.481 e. The van der Waals surface area contributed by atoms with Crippen LogP contribution in [0.1, 0.15) is 30.1 Å². The van der Waals surface area contributed by atoms with E-state index in [-0.39, 0.29) is 0 Å². The van der Waals surface area contributed by atoms with Crippen molar-refractivity contribution in [3.8, 4) is 0 Å². The largest absolute Gasteiger partial charge is 0.481 e. The number of benzene rings is 2. The molecule has 118 valence electrons. The van der Waals surface area contributed by atoms with Crippen molar-refractivity contribution in [3.63, 3.8) is 0 Å². The van der Waals surface area contributed by atoms with Crippen molar-refractivity contribution in [3.05, 3.63) is 48.0 Å². The molecule has 23 heavy (non-hydrogen) atoms. The Morgan fingerprint density at radius 2 is 1.61 bits per heavy atom. The average Bonchev–Trinajstić information content (AvgIpc) is 2.52. The van der Waals surface area contributed by atoms with E-state index in [0.29, 0.717) is 23.0 Å². The first-order valence-corrected chi connectivity index (χ1v) is 7.20. The lowest BCUT2D eigenvalue weighted by Gasteiger charge is -2.03. The van der Waals surface area contributed by atoms with Crippen molar-refractivity contribution in [1.29, 1.82) is 0 Å². The van der Waals surface area contributed by atoms with Gasteiger partial charge in [0.1, 0.15) is 5.52 Å². The molecule has 0 aliphatic heterocycles. The van der Waals surface area contributed by atoms with Crippen molar-refractivity contribution in [2.24, 2.45) is 5.73 Å². The van der Waals surface area contributed by atoms with Crippen LogP contribution in [-0.2, 0) is 4.79 Å². The summed E-state index contributed by atoms with van der Waals surface area (Å²) in [4.78, 5) is 29.8. The van der Waals surface area contributed by atoms with Crippen molar-refractivity contribution >= 4 is 33.9 Å². The van der Waals surface area contributed by atoms with Crippen LogP contribution < -0.4 is 5.73 Å². The zero-order valence-corrected chi connectivity index (χ0v) is 12.7. The Labute approximate surface area is 133 Å². The molecule has 0 saturated carbocycles. The van der Waals surface area contributed by atoms with Gasteiger partial charge in [-0.15, -0.1) is 0 Å². The molecule has 2 aromatic carbocycles. The van der Waals surface area contributed by atoms with E-state index in [2.05, 4.69) is 9.97 Å². The molecule has 6 heteroatoms. The first-order chi connectivity index (χ1) is 11.0. The molecule has 3 rings (SSSR count). The number of rotatable bonds is 3. The lowest BCUT2D eigenvalue weighted by Crippen LogP contribution is -2.12. The highest BCUT2D eigenvalue weighted by Crippen LogP contribution is 2.18. The lowest BCUT2D eigenvalue weighted by atomic mass is 10.1. The van der Waals surface area contributed by atoms with Gasteiger partial charge in [-0.05, 0) is 30.7 Å². The van der Waals surface area contributed by atoms with E-state index >= 15 is 0 Å². The fourth-order valence-electron chi connectivity index (χ4n) is 2.06. The van der Waals surface area contributed by atoms with Crippen LogP contribution in [0.4, 0.5) is 0 Å². The van der Waals surface area contributed by atoms with Gasteiger partial charge in [-0.3, -0.25) is 9.59 Å². The summed E-state index contributed by atoms with van der Waals surface area (Å²) >= 11 is 0. The topological polar surface area (TPSA) is 106 Å². The number of carbonyl (C=O) groups excluding carboxylic acids is 1. The van der Waals surface area contributed by atoms with Crippen LogP contribution in [0.15, 0.2) is 42.5 Å². The molecule has 0 radical (unpaired) electrons. The summed E-state index contributed by atoms with van der Waals surface area (Å²) < 4.78 is 0. The van der Waals surface area contributed by atoms with E-state index in [1.165, 1.54) is 0 Å². The normalized spacial score (nSPS) is 10.1. The van der Waals surface area contributed by atoms with Crippen LogP contribution in [0, 0.1) is 0 Å². The monoisotopic (exact) mass is 311 g/mol. The number of hydrogen-bond acceptors (Lipinski definition) is 4. The number of aromatic nitrogens is 2. The summed E-state index contributed by atoms with van der Waals surface area (Å²) in [5.41, 5.74) is 8.52. The predicted molar refractivity (Wildman–Crippen MR) is 88.1 cm³/mol. The summed E-state index contributed by atoms with van der Waals surface area (Å²) in [6.45, 7) is 1.84. The van der Waals surface area contributed by atoms with Crippen molar-refractivity contribution < 1.29 is 14.7 Å². The van der Waals surface area contributed by atoms with Gasteiger partial charge in [-0.2, -0.15) is 0 Å². The Balaban J connectivity index is 0.000000277. The molecule has 0 unspecified atom stereocenters. The maximum absolute atomic E-state index is 11.3. The second-order valence-electron chi connectivity index (χ2n) is 4.89. The van der Waals surface area contributed by atoms with E-state index < -0.39 is 11.9 Å². The second-order valence-corrected chi connectivity index (χ2v) is 4.89. The molecule has 1 heterocycles. The number of hydrogen-bond donors (Lipinski definition) is 2. The smallest absolute Gasteiger partial charge is 0.303 e. The van der Waals surface area contributed by atoms with Crippen LogP contribution in [0.5, 0.6) is 0 Å². The first kappa shape index (κ1) is 16.4. The van der Waals surface area contributed by atoms with E-state index in [4.69, 9.17) is 10.8 Å². The summed E-state index contributed by atoms with van der Waals surface area (Å²) in [6, 6.07) is 12.8. The molecule has 6 nitrogen and oxygen atoms in total. The molecular formula is C17H17N3O3. The molecule has 1 amide bonds. The number of nitrogens with two attached hydrogens (primary N) is 1. The van der Waals surface area contributed by atoms with Crippen LogP contribution in [0.3, 0.4) is 0 Å². The molecule has 1 aromatic heterocycles. The van der Waals surface area contributed by atoms with Gasteiger partial charge in [-0.1, -0.05) is 25.1 Å². The number of carbonyl (C=O) groups is 2. The van der Waals surface area contributed by atoms with E-state index in [9.17, 15) is 9.59 Å². The van der Waals surface area contributed by atoms with Crippen LogP contribution in [-0.4, -0.2) is 27.0 Å². The number of aliphatic carboxylic acids is 1. The lowest BCUT2D eigenvalue weighted by molar-refractivity contribution is -0.137. The quantitative estimate of drug-likeness (QED) is 0.723. The maximum Gasteiger partial charge on any atom is 0.303 e. The molecule has 3 N–H and O–H groups in total. The highest BCUT2D eigenvalue weighted by molar-refractivity contribution is 6.05. The fraction of sp³-hybridized carbons (Fsp3) is 0.176. The summed E-state index contributed by atoms with van der Waals surface area (Å²) in [5.74, 6) is -1.20. The third-order valence-electron chi connectivity index (χ3n) is 3.10. The summed E-state index contributed by atoms with van der Waals surface area (Å²) in [7, 11) is 0. The summed E-state index contributed by atoms with van der Waals surface area (Å²) in [5, 5.41) is 7.91. The number of amides is 1. The fourth-order valence-corrected chi connectivity index (χ4v) is 2.06. The van der Waals surface area contributed by atoms with Gasteiger partial charge in [0.05, 0.1) is 22.1 Å². The zero-order chi connectivity index (χ0) is 16.8. The van der Waals surface area contributed by atoms with Gasteiger partial charge in [0.25, 0.3) is 5.91 Å². The molecule has 0 saturated heterocycles. The van der Waals surface area contributed by atoms with E-state index in [0.717, 1.165) is 17.5 Å². The first-order valence-electron chi connectivity index (χ1n) is 7.20. The SMILES string of the molecule is CCCC(=O)O.NC(=O)c1cccc2nc3ccccc3nc12. The van der Waals surface area contributed by atoms with Gasteiger partial charge in [0.15, 0.2) is 0 Å². The standard InChI is InChI=1S/C13H9N3O.C4H8O2/c14-13(17)8-4-3-7-11-12(8)16-10-6-2-1-5-9(10)15-11;1-2-3-4(5)6/h1-7H,(H2,14,17);2-3H2,1H3,(H,5,6). The number of nitrogens with zero attached hydrogens (tertiary/aromatic N) is 2. The molecule has 0 fully saturated rings. The third-order valence-corrected chi connectivity index (χ3v) is 3.10. The molecule has 0 aliphatic rings. The van der Waals surface area contributed by atoms with Crippen molar-refractivity contribution in [2.75, 3.05) is 0 Å². The molecule has 0 spiro atoms. The number of carboxylic acids is 1. The average molecular weight is 311 g/mol. The Hall–Kier alpha value is -3.02. The van der Waals surface area contributed by atoms with Crippen molar-refractivity contribution in [1.82, 2.24) is 9.97 Å². The molecule has 3 aromatic rings. The minimum absolute atomic E-state index is 0.292. The number of primary amides is 1. The van der Waals surface area contributed by atoms with Gasteiger partial charge in [0.2, 0.25) is 0 Å². The number of carboxylic acid groups (broad SMARTS) is 1. The van der Waals surface area contributed by atoms with Crippen molar-refractivity contribution in [2.45, 2.75) is 19.8 Å². The molecule has 0 aliphatic carbocycles. The second kappa shape index (κ2) is 7.31. The van der Waals surface area contributed by atoms with E-state index in [1.54, 1.807) is 12.1 Å². The Kier molecular flexibility index (Phi) is 5.19. The Morgan fingerprint density at radius 1 is 1.00 bits per heavy atom. The maximum atomic E-state index is 11.3. The number of para-hydroxylation sites is 3. The van der Waals surface area contributed by atoms with Crippen LogP contribution in [0.25, 0.3) is 22.1 Å². The van der Waals surface area contributed by atoms with Crippen LogP contribution >= 0.6 is 0 Å². The molecule has 0 bridgehead atoms. The third kappa shape index (κ3) is 4.00. The van der Waals surface area contributed by atoms with Gasteiger partial charge in [-0.25, -0.2) is 9.97 Å². The van der Waals surface area contributed by atoms with Crippen LogP contribution in [0.2, 0.25) is 0 Å². The van der Waals surface area contributed by atoms with E-state index in [1.807, 2.05) is 37.3 Å².